The quantitative estimate of drug-likeness (QED) is 0.353. The van der Waals surface area contributed by atoms with E-state index in [1.54, 1.807) is 18.4 Å². The molecule has 0 saturated carbocycles. The second-order valence-electron chi connectivity index (χ2n) is 7.43. The number of hydrogen-bond donors (Lipinski definition) is 0. The molecule has 0 fully saturated rings. The van der Waals surface area contributed by atoms with Gasteiger partial charge in [-0.2, -0.15) is 0 Å². The molecule has 148 valence electrons. The Labute approximate surface area is 173 Å². The molecule has 0 amide bonds. The minimum absolute atomic E-state index is 0.161. The van der Waals surface area contributed by atoms with Crippen LogP contribution >= 0.6 is 0 Å². The predicted molar refractivity (Wildman–Crippen MR) is 118 cm³/mol. The number of benzene rings is 3. The van der Waals surface area contributed by atoms with Crippen LogP contribution in [-0.4, -0.2) is 0 Å². The predicted octanol–water partition coefficient (Wildman–Crippen LogP) is 6.40. The molecule has 0 atom stereocenters. The molecular weight excluding hydrogens is 376 g/mol. The number of hydrogen-bond acceptors (Lipinski definition) is 4. The van der Waals surface area contributed by atoms with Gasteiger partial charge in [-0.3, -0.25) is 4.79 Å². The van der Waals surface area contributed by atoms with Gasteiger partial charge in [0.2, 0.25) is 16.9 Å². The van der Waals surface area contributed by atoms with Crippen LogP contribution < -0.4 is 10.2 Å². The fraction of sp³-hybridized carbons (Fsp3) is 0.115. The number of rotatable bonds is 4. The van der Waals surface area contributed by atoms with E-state index in [-0.39, 0.29) is 17.8 Å². The van der Waals surface area contributed by atoms with Crippen LogP contribution in [0.15, 0.2) is 86.6 Å². The van der Waals surface area contributed by atoms with E-state index in [0.717, 1.165) is 27.5 Å². The maximum absolute atomic E-state index is 13.4. The normalized spacial score (nSPS) is 11.3. The third-order valence-corrected chi connectivity index (χ3v) is 5.46. The molecule has 0 radical (unpaired) electrons. The van der Waals surface area contributed by atoms with Crippen molar-refractivity contribution in [3.8, 4) is 17.3 Å². The van der Waals surface area contributed by atoms with E-state index in [1.165, 1.54) is 0 Å². The second kappa shape index (κ2) is 7.23. The topological polar surface area (TPSA) is 52.6 Å². The maximum Gasteiger partial charge on any atom is 0.235 e. The molecule has 4 heteroatoms. The average Bonchev–Trinajstić information content (AvgIpc) is 3.29. The minimum atomic E-state index is -0.203. The van der Waals surface area contributed by atoms with Crippen LogP contribution in [0.4, 0.5) is 0 Å². The molecule has 4 nitrogen and oxygen atoms in total. The summed E-state index contributed by atoms with van der Waals surface area (Å²) in [6, 6.07) is 21.4. The zero-order valence-electron chi connectivity index (χ0n) is 16.8. The van der Waals surface area contributed by atoms with Crippen molar-refractivity contribution in [2.24, 2.45) is 0 Å². The lowest BCUT2D eigenvalue weighted by Crippen LogP contribution is -2.10. The van der Waals surface area contributed by atoms with Gasteiger partial charge in [-0.25, -0.2) is 0 Å². The van der Waals surface area contributed by atoms with Gasteiger partial charge in [0.25, 0.3) is 0 Å². The largest absolute Gasteiger partial charge is 0.481 e. The van der Waals surface area contributed by atoms with Crippen molar-refractivity contribution in [2.75, 3.05) is 0 Å². The molecule has 0 aliphatic carbocycles. The lowest BCUT2D eigenvalue weighted by atomic mass is 10.1. The molecule has 30 heavy (non-hydrogen) atoms. The lowest BCUT2D eigenvalue weighted by molar-refractivity contribution is 0.297. The van der Waals surface area contributed by atoms with Gasteiger partial charge in [0, 0.05) is 0 Å². The summed E-state index contributed by atoms with van der Waals surface area (Å²) in [6.07, 6.45) is 1.55. The van der Waals surface area contributed by atoms with Crippen molar-refractivity contribution in [3.05, 3.63) is 99.9 Å². The molecule has 0 bridgehead atoms. The Kier molecular flexibility index (Phi) is 4.40. The molecule has 2 aromatic heterocycles. The molecule has 0 aliphatic rings. The van der Waals surface area contributed by atoms with E-state index >= 15 is 0 Å². The van der Waals surface area contributed by atoms with Crippen LogP contribution in [0.25, 0.3) is 33.3 Å². The molecule has 3 aromatic carbocycles. The summed E-state index contributed by atoms with van der Waals surface area (Å²) in [4.78, 5) is 13.4. The van der Waals surface area contributed by atoms with Crippen LogP contribution in [0, 0.1) is 13.8 Å². The highest BCUT2D eigenvalue weighted by Crippen LogP contribution is 2.33. The van der Waals surface area contributed by atoms with Crippen molar-refractivity contribution in [1.82, 2.24) is 0 Å². The van der Waals surface area contributed by atoms with Crippen LogP contribution in [0.5, 0.6) is 5.75 Å². The summed E-state index contributed by atoms with van der Waals surface area (Å²) in [5, 5.41) is 2.72. The van der Waals surface area contributed by atoms with E-state index in [4.69, 9.17) is 13.6 Å². The van der Waals surface area contributed by atoms with Gasteiger partial charge >= 0.3 is 0 Å². The highest BCUT2D eigenvalue weighted by molar-refractivity contribution is 5.86. The molecule has 5 rings (SSSR count). The van der Waals surface area contributed by atoms with Gasteiger partial charge in [-0.05, 0) is 65.6 Å². The van der Waals surface area contributed by atoms with E-state index in [2.05, 4.69) is 18.2 Å². The Morgan fingerprint density at radius 3 is 2.50 bits per heavy atom. The van der Waals surface area contributed by atoms with Crippen molar-refractivity contribution in [1.29, 1.82) is 0 Å². The first-order valence-corrected chi connectivity index (χ1v) is 9.83. The summed E-state index contributed by atoms with van der Waals surface area (Å²) in [7, 11) is 0. The van der Waals surface area contributed by atoms with Gasteiger partial charge in [-0.1, -0.05) is 42.5 Å². The smallest absolute Gasteiger partial charge is 0.235 e. The third kappa shape index (κ3) is 3.07. The van der Waals surface area contributed by atoms with E-state index < -0.39 is 0 Å². The van der Waals surface area contributed by atoms with Gasteiger partial charge in [-0.15, -0.1) is 0 Å². The van der Waals surface area contributed by atoms with Gasteiger partial charge in [0.15, 0.2) is 5.76 Å². The fourth-order valence-electron chi connectivity index (χ4n) is 3.70. The molecule has 0 aliphatic heterocycles. The van der Waals surface area contributed by atoms with E-state index in [9.17, 15) is 4.79 Å². The number of aryl methyl sites for hydroxylation is 2. The van der Waals surface area contributed by atoms with Crippen molar-refractivity contribution in [2.45, 2.75) is 20.5 Å². The number of fused-ring (bicyclic) bond motifs is 2. The Bertz CT molecular complexity index is 1420. The third-order valence-electron chi connectivity index (χ3n) is 5.46. The Balaban J connectivity index is 1.65. The van der Waals surface area contributed by atoms with Crippen molar-refractivity contribution in [3.63, 3.8) is 0 Å². The van der Waals surface area contributed by atoms with Crippen LogP contribution in [0.1, 0.15) is 16.7 Å². The standard InChI is InChI=1S/C26H20O4/c1-16-13-21-23(14-17(16)2)30-25(22-11-6-12-28-22)26(24(21)27)29-15-19-9-5-8-18-7-3-4-10-20(18)19/h3-14H,15H2,1-2H3. The monoisotopic (exact) mass is 396 g/mol. The summed E-state index contributed by atoms with van der Waals surface area (Å²) in [5.74, 6) is 0.926. The van der Waals surface area contributed by atoms with Gasteiger partial charge in [0.05, 0.1) is 11.6 Å². The Morgan fingerprint density at radius 1 is 0.867 bits per heavy atom. The van der Waals surface area contributed by atoms with Crippen molar-refractivity contribution >= 4 is 21.7 Å². The lowest BCUT2D eigenvalue weighted by Gasteiger charge is -2.12. The van der Waals surface area contributed by atoms with Crippen molar-refractivity contribution < 1.29 is 13.6 Å². The highest BCUT2D eigenvalue weighted by atomic mass is 16.5. The first-order valence-electron chi connectivity index (χ1n) is 9.83. The highest BCUT2D eigenvalue weighted by Gasteiger charge is 2.20. The average molecular weight is 396 g/mol. The zero-order chi connectivity index (χ0) is 20.7. The summed E-state index contributed by atoms with van der Waals surface area (Å²) >= 11 is 0. The van der Waals surface area contributed by atoms with Crippen LogP contribution in [-0.2, 0) is 6.61 Å². The molecule has 0 unspecified atom stereocenters. The van der Waals surface area contributed by atoms with Gasteiger partial charge < -0.3 is 13.6 Å². The SMILES string of the molecule is Cc1cc2oc(-c3ccco3)c(OCc3cccc4ccccc34)c(=O)c2cc1C. The number of ether oxygens (including phenoxy) is 1. The molecule has 0 N–H and O–H groups in total. The fourth-order valence-corrected chi connectivity index (χ4v) is 3.70. The van der Waals surface area contributed by atoms with E-state index in [1.807, 2.05) is 50.2 Å². The molecule has 0 saturated heterocycles. The van der Waals surface area contributed by atoms with E-state index in [0.29, 0.717) is 22.5 Å². The van der Waals surface area contributed by atoms with Crippen LogP contribution in [0.3, 0.4) is 0 Å². The summed E-state index contributed by atoms with van der Waals surface area (Å²) in [5.41, 5.74) is 3.40. The zero-order valence-corrected chi connectivity index (χ0v) is 16.8. The number of furan rings is 1. The minimum Gasteiger partial charge on any atom is -0.481 e. The summed E-state index contributed by atoms with van der Waals surface area (Å²) in [6.45, 7) is 4.22. The molecule has 2 heterocycles. The molecular formula is C26H20O4. The first kappa shape index (κ1) is 18.3. The molecule has 0 spiro atoms. The maximum atomic E-state index is 13.4. The Hall–Kier alpha value is -3.79. The first-order chi connectivity index (χ1) is 14.6. The second-order valence-corrected chi connectivity index (χ2v) is 7.43. The Morgan fingerprint density at radius 2 is 1.67 bits per heavy atom. The van der Waals surface area contributed by atoms with Crippen LogP contribution in [0.2, 0.25) is 0 Å². The van der Waals surface area contributed by atoms with Gasteiger partial charge in [0.1, 0.15) is 12.2 Å². The molecule has 5 aromatic rings. The summed E-state index contributed by atoms with van der Waals surface area (Å²) < 4.78 is 17.7.